The zero-order valence-electron chi connectivity index (χ0n) is 11.7. The average Bonchev–Trinajstić information content (AvgIpc) is 2.49. The highest BCUT2D eigenvalue weighted by molar-refractivity contribution is 5.87. The largest absolute Gasteiger partial charge is 0.493 e. The Morgan fingerprint density at radius 3 is 2.20 bits per heavy atom. The first-order valence-corrected chi connectivity index (χ1v) is 5.92. The van der Waals surface area contributed by atoms with Gasteiger partial charge in [-0.05, 0) is 23.8 Å². The van der Waals surface area contributed by atoms with Crippen LogP contribution in [0.15, 0.2) is 18.2 Å². The van der Waals surface area contributed by atoms with Crippen LogP contribution in [0.5, 0.6) is 17.2 Å². The van der Waals surface area contributed by atoms with Gasteiger partial charge in [-0.1, -0.05) is 0 Å². The number of aliphatic hydroxyl groups is 1. The summed E-state index contributed by atoms with van der Waals surface area (Å²) in [6.45, 7) is -0.234. The number of carbonyl (C=O) groups is 1. The van der Waals surface area contributed by atoms with Gasteiger partial charge >= 0.3 is 5.97 Å². The normalized spacial score (nSPS) is 10.4. The number of methoxy groups -OCH3 is 3. The van der Waals surface area contributed by atoms with Gasteiger partial charge in [0.15, 0.2) is 11.5 Å². The molecule has 110 valence electrons. The maximum atomic E-state index is 11.3. The van der Waals surface area contributed by atoms with E-state index in [1.54, 1.807) is 18.2 Å². The van der Waals surface area contributed by atoms with Gasteiger partial charge in [-0.25, -0.2) is 4.79 Å². The van der Waals surface area contributed by atoms with Gasteiger partial charge in [-0.15, -0.1) is 0 Å². The predicted molar refractivity (Wildman–Crippen MR) is 73.2 cm³/mol. The van der Waals surface area contributed by atoms with Crippen LogP contribution >= 0.6 is 0 Å². The third-order valence-corrected chi connectivity index (χ3v) is 2.43. The van der Waals surface area contributed by atoms with Gasteiger partial charge in [0, 0.05) is 6.08 Å². The Morgan fingerprint density at radius 2 is 1.75 bits per heavy atom. The molecule has 6 nitrogen and oxygen atoms in total. The van der Waals surface area contributed by atoms with Crippen molar-refractivity contribution in [3.8, 4) is 17.2 Å². The van der Waals surface area contributed by atoms with Gasteiger partial charge in [-0.2, -0.15) is 0 Å². The summed E-state index contributed by atoms with van der Waals surface area (Å²) in [6.07, 6.45) is 2.82. The monoisotopic (exact) mass is 282 g/mol. The number of benzene rings is 1. The number of aliphatic hydroxyl groups excluding tert-OH is 1. The molecule has 0 saturated heterocycles. The molecule has 0 amide bonds. The number of carbonyl (C=O) groups excluding carboxylic acids is 1. The van der Waals surface area contributed by atoms with E-state index in [1.807, 2.05) is 0 Å². The van der Waals surface area contributed by atoms with Gasteiger partial charge in [0.2, 0.25) is 5.75 Å². The van der Waals surface area contributed by atoms with Crippen LogP contribution in [0.2, 0.25) is 0 Å². The van der Waals surface area contributed by atoms with Gasteiger partial charge in [0.25, 0.3) is 0 Å². The Labute approximate surface area is 117 Å². The van der Waals surface area contributed by atoms with Crippen molar-refractivity contribution in [2.45, 2.75) is 0 Å². The Kier molecular flexibility index (Phi) is 6.39. The maximum Gasteiger partial charge on any atom is 0.330 e. The van der Waals surface area contributed by atoms with Crippen molar-refractivity contribution in [3.63, 3.8) is 0 Å². The lowest BCUT2D eigenvalue weighted by atomic mass is 10.1. The van der Waals surface area contributed by atoms with E-state index in [2.05, 4.69) is 0 Å². The van der Waals surface area contributed by atoms with Crippen molar-refractivity contribution < 1.29 is 28.8 Å². The van der Waals surface area contributed by atoms with Crippen LogP contribution in [0.25, 0.3) is 6.08 Å². The lowest BCUT2D eigenvalue weighted by molar-refractivity contribution is -0.138. The van der Waals surface area contributed by atoms with Gasteiger partial charge in [0.1, 0.15) is 6.61 Å². The van der Waals surface area contributed by atoms with Crippen molar-refractivity contribution in [2.75, 3.05) is 34.5 Å². The highest BCUT2D eigenvalue weighted by atomic mass is 16.5. The minimum absolute atomic E-state index is 0.0293. The Bertz CT molecular complexity index is 456. The molecule has 0 heterocycles. The van der Waals surface area contributed by atoms with Crippen molar-refractivity contribution in [1.82, 2.24) is 0 Å². The topological polar surface area (TPSA) is 74.2 Å². The third kappa shape index (κ3) is 4.17. The van der Waals surface area contributed by atoms with Crippen molar-refractivity contribution in [3.05, 3.63) is 23.8 Å². The summed E-state index contributed by atoms with van der Waals surface area (Å²) in [7, 11) is 4.54. The molecule has 0 aromatic heterocycles. The number of ether oxygens (including phenoxy) is 4. The molecule has 0 aliphatic heterocycles. The standard InChI is InChI=1S/C14H18O6/c1-17-11-8-10(4-5-13(16)20-7-6-15)9-12(18-2)14(11)19-3/h4-5,8-9,15H,6-7H2,1-3H3. The van der Waals surface area contributed by atoms with Gasteiger partial charge < -0.3 is 24.1 Å². The second-order valence-corrected chi connectivity index (χ2v) is 3.68. The zero-order chi connectivity index (χ0) is 15.0. The number of hydrogen-bond acceptors (Lipinski definition) is 6. The molecule has 0 atom stereocenters. The SMILES string of the molecule is COc1cc(C=CC(=O)OCCO)cc(OC)c1OC. The van der Waals surface area contributed by atoms with E-state index in [-0.39, 0.29) is 13.2 Å². The number of esters is 1. The molecular formula is C14H18O6. The average molecular weight is 282 g/mol. The molecular weight excluding hydrogens is 264 g/mol. The Morgan fingerprint density at radius 1 is 1.15 bits per heavy atom. The van der Waals surface area contributed by atoms with Crippen LogP contribution < -0.4 is 14.2 Å². The van der Waals surface area contributed by atoms with E-state index in [9.17, 15) is 4.79 Å². The van der Waals surface area contributed by atoms with Crippen LogP contribution in [0, 0.1) is 0 Å². The molecule has 0 aliphatic carbocycles. The molecule has 1 aromatic carbocycles. The molecule has 1 aromatic rings. The molecule has 0 radical (unpaired) electrons. The first-order chi connectivity index (χ1) is 9.65. The minimum atomic E-state index is -0.534. The van der Waals surface area contributed by atoms with E-state index in [1.165, 1.54) is 27.4 Å². The molecule has 0 saturated carbocycles. The summed E-state index contributed by atoms with van der Waals surface area (Å²) in [5.74, 6) is 0.938. The lowest BCUT2D eigenvalue weighted by Crippen LogP contribution is -2.05. The molecule has 1 N–H and O–H groups in total. The highest BCUT2D eigenvalue weighted by Gasteiger charge is 2.12. The summed E-state index contributed by atoms with van der Waals surface area (Å²) in [4.78, 5) is 11.3. The number of hydrogen-bond donors (Lipinski definition) is 1. The Balaban J connectivity index is 2.96. The fourth-order valence-electron chi connectivity index (χ4n) is 1.56. The first kappa shape index (κ1) is 15.8. The number of rotatable bonds is 7. The summed E-state index contributed by atoms with van der Waals surface area (Å²) in [6, 6.07) is 3.41. The van der Waals surface area contributed by atoms with Crippen LogP contribution in [-0.2, 0) is 9.53 Å². The van der Waals surface area contributed by atoms with Crippen molar-refractivity contribution >= 4 is 12.0 Å². The summed E-state index contributed by atoms with van der Waals surface area (Å²) in [5, 5.41) is 8.55. The second kappa shape index (κ2) is 8.06. The molecule has 0 spiro atoms. The van der Waals surface area contributed by atoms with E-state index in [0.29, 0.717) is 22.8 Å². The third-order valence-electron chi connectivity index (χ3n) is 2.43. The highest BCUT2D eigenvalue weighted by Crippen LogP contribution is 2.38. The van der Waals surface area contributed by atoms with Crippen LogP contribution in [0.4, 0.5) is 0 Å². The Hall–Kier alpha value is -2.21. The molecule has 0 fully saturated rings. The smallest absolute Gasteiger partial charge is 0.330 e. The molecule has 20 heavy (non-hydrogen) atoms. The minimum Gasteiger partial charge on any atom is -0.493 e. The fraction of sp³-hybridized carbons (Fsp3) is 0.357. The van der Waals surface area contributed by atoms with Crippen LogP contribution in [-0.4, -0.2) is 45.6 Å². The van der Waals surface area contributed by atoms with Gasteiger partial charge in [-0.3, -0.25) is 0 Å². The summed E-state index contributed by atoms with van der Waals surface area (Å²) < 4.78 is 20.3. The molecule has 0 bridgehead atoms. The molecule has 6 heteroatoms. The molecule has 0 aliphatic rings. The van der Waals surface area contributed by atoms with Gasteiger partial charge in [0.05, 0.1) is 27.9 Å². The maximum absolute atomic E-state index is 11.3. The van der Waals surface area contributed by atoms with Crippen molar-refractivity contribution in [1.29, 1.82) is 0 Å². The quantitative estimate of drug-likeness (QED) is 0.599. The summed E-state index contributed by atoms with van der Waals surface area (Å²) in [5.41, 5.74) is 0.695. The van der Waals surface area contributed by atoms with E-state index >= 15 is 0 Å². The lowest BCUT2D eigenvalue weighted by Gasteiger charge is -2.12. The summed E-state index contributed by atoms with van der Waals surface area (Å²) >= 11 is 0. The van der Waals surface area contributed by atoms with E-state index < -0.39 is 5.97 Å². The van der Waals surface area contributed by atoms with Crippen molar-refractivity contribution in [2.24, 2.45) is 0 Å². The van der Waals surface area contributed by atoms with Crippen LogP contribution in [0.3, 0.4) is 0 Å². The first-order valence-electron chi connectivity index (χ1n) is 5.92. The fourth-order valence-corrected chi connectivity index (χ4v) is 1.56. The zero-order valence-corrected chi connectivity index (χ0v) is 11.7. The predicted octanol–water partition coefficient (Wildman–Crippen LogP) is 1.26. The van der Waals surface area contributed by atoms with E-state index in [0.717, 1.165) is 0 Å². The molecule has 1 rings (SSSR count). The molecule has 0 unspecified atom stereocenters. The van der Waals surface area contributed by atoms with E-state index in [4.69, 9.17) is 24.1 Å². The van der Waals surface area contributed by atoms with Crippen LogP contribution in [0.1, 0.15) is 5.56 Å². The second-order valence-electron chi connectivity index (χ2n) is 3.68.